The molecule has 1 aliphatic carbocycles. The van der Waals surface area contributed by atoms with Crippen LogP contribution >= 0.6 is 0 Å². The molecule has 14 heavy (non-hydrogen) atoms. The minimum Gasteiger partial charge on any atom is -0.465 e. The summed E-state index contributed by atoms with van der Waals surface area (Å²) in [4.78, 5) is 11.8. The maximum absolute atomic E-state index is 11.8. The number of hydrogen-bond donors (Lipinski definition) is 1. The predicted octanol–water partition coefficient (Wildman–Crippen LogP) is 1.88. The molecule has 0 amide bonds. The molecule has 0 aromatic heterocycles. The fourth-order valence-electron chi connectivity index (χ4n) is 2.25. The van der Waals surface area contributed by atoms with Crippen molar-refractivity contribution in [3.05, 3.63) is 0 Å². The first-order chi connectivity index (χ1) is 6.63. The van der Waals surface area contributed by atoms with E-state index in [4.69, 9.17) is 4.74 Å². The van der Waals surface area contributed by atoms with Gasteiger partial charge in [-0.1, -0.05) is 19.3 Å². The van der Waals surface area contributed by atoms with Crippen molar-refractivity contribution in [1.82, 2.24) is 0 Å². The Labute approximate surface area is 85.5 Å². The van der Waals surface area contributed by atoms with E-state index in [2.05, 4.69) is 0 Å². The maximum Gasteiger partial charge on any atom is 0.314 e. The van der Waals surface area contributed by atoms with E-state index in [9.17, 15) is 9.90 Å². The van der Waals surface area contributed by atoms with Crippen LogP contribution in [0.2, 0.25) is 0 Å². The third kappa shape index (κ3) is 2.08. The minimum absolute atomic E-state index is 0.213. The zero-order valence-corrected chi connectivity index (χ0v) is 9.08. The number of esters is 1. The van der Waals surface area contributed by atoms with Gasteiger partial charge in [0.2, 0.25) is 0 Å². The zero-order chi connectivity index (χ0) is 10.6. The number of rotatable bonds is 3. The molecule has 3 nitrogen and oxygen atoms in total. The lowest BCUT2D eigenvalue weighted by atomic mass is 9.70. The summed E-state index contributed by atoms with van der Waals surface area (Å²) in [5, 5.41) is 9.72. The fraction of sp³-hybridized carbons (Fsp3) is 0.909. The Bertz CT molecular complexity index is 193. The average molecular weight is 200 g/mol. The van der Waals surface area contributed by atoms with Gasteiger partial charge in [-0.2, -0.15) is 0 Å². The first kappa shape index (κ1) is 11.5. The number of hydrogen-bond acceptors (Lipinski definition) is 3. The Morgan fingerprint density at radius 3 is 2.43 bits per heavy atom. The Balaban J connectivity index is 2.74. The Kier molecular flexibility index (Phi) is 3.93. The Morgan fingerprint density at radius 2 is 2.00 bits per heavy atom. The van der Waals surface area contributed by atoms with E-state index in [1.54, 1.807) is 13.8 Å². The summed E-state index contributed by atoms with van der Waals surface area (Å²) in [6.07, 6.45) is 4.13. The molecule has 1 rings (SSSR count). The van der Waals surface area contributed by atoms with E-state index in [0.29, 0.717) is 6.61 Å². The van der Waals surface area contributed by atoms with Crippen LogP contribution < -0.4 is 0 Å². The molecule has 0 spiro atoms. The van der Waals surface area contributed by atoms with Gasteiger partial charge >= 0.3 is 5.97 Å². The maximum atomic E-state index is 11.8. The van der Waals surface area contributed by atoms with Gasteiger partial charge in [0.1, 0.15) is 0 Å². The van der Waals surface area contributed by atoms with Crippen molar-refractivity contribution in [3.8, 4) is 0 Å². The first-order valence-corrected chi connectivity index (χ1v) is 5.49. The second kappa shape index (κ2) is 4.78. The normalized spacial score (nSPS) is 22.8. The van der Waals surface area contributed by atoms with E-state index in [0.717, 1.165) is 32.1 Å². The van der Waals surface area contributed by atoms with Gasteiger partial charge in [0.15, 0.2) is 0 Å². The highest BCUT2D eigenvalue weighted by atomic mass is 16.5. The van der Waals surface area contributed by atoms with E-state index in [1.165, 1.54) is 0 Å². The van der Waals surface area contributed by atoms with Crippen molar-refractivity contribution >= 4 is 5.97 Å². The quantitative estimate of drug-likeness (QED) is 0.707. The highest BCUT2D eigenvalue weighted by molar-refractivity contribution is 5.77. The van der Waals surface area contributed by atoms with Crippen LogP contribution in [0.25, 0.3) is 0 Å². The van der Waals surface area contributed by atoms with Crippen molar-refractivity contribution in [1.29, 1.82) is 0 Å². The van der Waals surface area contributed by atoms with E-state index < -0.39 is 11.5 Å². The molecule has 1 fully saturated rings. The largest absolute Gasteiger partial charge is 0.465 e. The summed E-state index contributed by atoms with van der Waals surface area (Å²) in [6, 6.07) is 0. The van der Waals surface area contributed by atoms with E-state index in [-0.39, 0.29) is 5.97 Å². The topological polar surface area (TPSA) is 46.5 Å². The fourth-order valence-corrected chi connectivity index (χ4v) is 2.25. The molecule has 0 aliphatic heterocycles. The molecule has 82 valence electrons. The molecule has 0 heterocycles. The van der Waals surface area contributed by atoms with Crippen LogP contribution in [0.4, 0.5) is 0 Å². The van der Waals surface area contributed by atoms with Crippen molar-refractivity contribution in [3.63, 3.8) is 0 Å². The van der Waals surface area contributed by atoms with Crippen LogP contribution in [0.15, 0.2) is 0 Å². The molecule has 0 bridgehead atoms. The molecule has 0 aromatic rings. The number of carbonyl (C=O) groups excluding carboxylic acids is 1. The lowest BCUT2D eigenvalue weighted by molar-refractivity contribution is -0.165. The molecule has 1 atom stereocenters. The Hall–Kier alpha value is -0.570. The molecule has 3 heteroatoms. The van der Waals surface area contributed by atoms with E-state index >= 15 is 0 Å². The van der Waals surface area contributed by atoms with Crippen molar-refractivity contribution in [2.24, 2.45) is 5.41 Å². The third-order valence-corrected chi connectivity index (χ3v) is 3.23. The summed E-state index contributed by atoms with van der Waals surface area (Å²) in [7, 11) is 0. The lowest BCUT2D eigenvalue weighted by Crippen LogP contribution is -2.43. The van der Waals surface area contributed by atoms with Gasteiger partial charge < -0.3 is 9.84 Å². The monoisotopic (exact) mass is 200 g/mol. The van der Waals surface area contributed by atoms with Crippen LogP contribution in [0.3, 0.4) is 0 Å². The third-order valence-electron chi connectivity index (χ3n) is 3.23. The smallest absolute Gasteiger partial charge is 0.314 e. The zero-order valence-electron chi connectivity index (χ0n) is 9.08. The van der Waals surface area contributed by atoms with Crippen LogP contribution in [0, 0.1) is 5.41 Å². The molecule has 1 saturated carbocycles. The molecule has 1 N–H and O–H groups in total. The summed E-state index contributed by atoms with van der Waals surface area (Å²) < 4.78 is 5.05. The predicted molar refractivity (Wildman–Crippen MR) is 53.8 cm³/mol. The molecule has 0 radical (unpaired) electrons. The van der Waals surface area contributed by atoms with E-state index in [1.807, 2.05) is 0 Å². The molecular weight excluding hydrogens is 180 g/mol. The lowest BCUT2D eigenvalue weighted by Gasteiger charge is -2.37. The second-order valence-electron chi connectivity index (χ2n) is 4.11. The van der Waals surface area contributed by atoms with Gasteiger partial charge in [0, 0.05) is 0 Å². The van der Waals surface area contributed by atoms with Gasteiger partial charge in [-0.15, -0.1) is 0 Å². The van der Waals surface area contributed by atoms with Gasteiger partial charge in [0.25, 0.3) is 0 Å². The van der Waals surface area contributed by atoms with Crippen LogP contribution in [-0.4, -0.2) is 23.8 Å². The van der Waals surface area contributed by atoms with Gasteiger partial charge in [-0.25, -0.2) is 0 Å². The first-order valence-electron chi connectivity index (χ1n) is 5.49. The summed E-state index contributed by atoms with van der Waals surface area (Å²) in [6.45, 7) is 3.89. The van der Waals surface area contributed by atoms with Crippen molar-refractivity contribution < 1.29 is 14.6 Å². The molecule has 0 aromatic carbocycles. The van der Waals surface area contributed by atoms with Gasteiger partial charge in [-0.3, -0.25) is 4.79 Å². The SMILES string of the molecule is CCOC(=O)C1(C(C)O)CCCCC1. The van der Waals surface area contributed by atoms with Crippen molar-refractivity contribution in [2.45, 2.75) is 52.1 Å². The van der Waals surface area contributed by atoms with Gasteiger partial charge in [-0.05, 0) is 26.7 Å². The minimum atomic E-state index is -0.617. The summed E-state index contributed by atoms with van der Waals surface area (Å²) in [5.41, 5.74) is -0.617. The Morgan fingerprint density at radius 1 is 1.43 bits per heavy atom. The van der Waals surface area contributed by atoms with Gasteiger partial charge in [0.05, 0.1) is 18.1 Å². The standard InChI is InChI=1S/C11H20O3/c1-3-14-10(13)11(9(2)12)7-5-4-6-8-11/h9,12H,3-8H2,1-2H3. The van der Waals surface area contributed by atoms with Crippen LogP contribution in [-0.2, 0) is 9.53 Å². The average Bonchev–Trinajstić information content (AvgIpc) is 2.19. The molecule has 1 aliphatic rings. The number of carbonyl (C=O) groups is 1. The van der Waals surface area contributed by atoms with Crippen LogP contribution in [0.5, 0.6) is 0 Å². The molecule has 1 unspecified atom stereocenters. The molecule has 0 saturated heterocycles. The number of aliphatic hydroxyl groups is 1. The highest BCUT2D eigenvalue weighted by Gasteiger charge is 2.44. The number of aliphatic hydroxyl groups excluding tert-OH is 1. The van der Waals surface area contributed by atoms with Crippen LogP contribution in [0.1, 0.15) is 46.0 Å². The second-order valence-corrected chi connectivity index (χ2v) is 4.11. The highest BCUT2D eigenvalue weighted by Crippen LogP contribution is 2.40. The molecular formula is C11H20O3. The summed E-state index contributed by atoms with van der Waals surface area (Å²) in [5.74, 6) is -0.213. The number of ether oxygens (including phenoxy) is 1. The van der Waals surface area contributed by atoms with Crippen molar-refractivity contribution in [2.75, 3.05) is 6.61 Å². The summed E-state index contributed by atoms with van der Waals surface area (Å²) >= 11 is 0.